The van der Waals surface area contributed by atoms with Gasteiger partial charge in [0.2, 0.25) is 5.91 Å². The number of amides is 3. The Labute approximate surface area is 156 Å². The normalized spacial score (nSPS) is 20.7. The van der Waals surface area contributed by atoms with Crippen LogP contribution >= 0.6 is 0 Å². The second-order valence-corrected chi connectivity index (χ2v) is 7.86. The highest BCUT2D eigenvalue weighted by molar-refractivity contribution is 5.92. The standard InChI is InChI=1S/C20H32N4O2/c1-14(2)12-19(25)21-16-6-8-17(9-7-16)22-20(26)24(5)18-10-11-23(4)13-15(18)3/h6-9,14-15,18H,10-13H2,1-5H3,(H,21,25)(H,22,26)/t15-,18+/m1/s1. The van der Waals surface area contributed by atoms with Crippen LogP contribution in [0.15, 0.2) is 24.3 Å². The molecular weight excluding hydrogens is 328 g/mol. The van der Waals surface area contributed by atoms with Gasteiger partial charge in [-0.05, 0) is 56.1 Å². The summed E-state index contributed by atoms with van der Waals surface area (Å²) in [5.41, 5.74) is 1.47. The lowest BCUT2D eigenvalue weighted by molar-refractivity contribution is -0.116. The van der Waals surface area contributed by atoms with E-state index in [0.29, 0.717) is 18.3 Å². The van der Waals surface area contributed by atoms with E-state index >= 15 is 0 Å². The summed E-state index contributed by atoms with van der Waals surface area (Å²) in [6, 6.07) is 7.41. The number of rotatable bonds is 5. The molecule has 26 heavy (non-hydrogen) atoms. The highest BCUT2D eigenvalue weighted by Crippen LogP contribution is 2.21. The first-order chi connectivity index (χ1) is 12.3. The molecule has 3 amide bonds. The molecule has 1 aromatic rings. The van der Waals surface area contributed by atoms with Gasteiger partial charge in [0.1, 0.15) is 0 Å². The van der Waals surface area contributed by atoms with Crippen LogP contribution in [0.25, 0.3) is 0 Å². The molecule has 0 aliphatic carbocycles. The van der Waals surface area contributed by atoms with Gasteiger partial charge in [-0.3, -0.25) is 4.79 Å². The van der Waals surface area contributed by atoms with Crippen molar-refractivity contribution in [3.63, 3.8) is 0 Å². The van der Waals surface area contributed by atoms with Crippen molar-refractivity contribution in [3.8, 4) is 0 Å². The topological polar surface area (TPSA) is 64.7 Å². The fraction of sp³-hybridized carbons (Fsp3) is 0.600. The zero-order chi connectivity index (χ0) is 19.3. The number of nitrogens with zero attached hydrogens (tertiary/aromatic N) is 2. The molecule has 0 spiro atoms. The zero-order valence-corrected chi connectivity index (χ0v) is 16.6. The molecule has 0 radical (unpaired) electrons. The molecule has 1 saturated heterocycles. The van der Waals surface area contributed by atoms with Gasteiger partial charge in [0.05, 0.1) is 0 Å². The molecule has 1 aliphatic heterocycles. The molecule has 144 valence electrons. The number of carbonyl (C=O) groups excluding carboxylic acids is 2. The summed E-state index contributed by atoms with van der Waals surface area (Å²) in [6.07, 6.45) is 1.49. The van der Waals surface area contributed by atoms with E-state index in [1.54, 1.807) is 0 Å². The second-order valence-electron chi connectivity index (χ2n) is 7.86. The van der Waals surface area contributed by atoms with Gasteiger partial charge in [0.25, 0.3) is 0 Å². The van der Waals surface area contributed by atoms with E-state index in [4.69, 9.17) is 0 Å². The van der Waals surface area contributed by atoms with Gasteiger partial charge < -0.3 is 20.4 Å². The van der Waals surface area contributed by atoms with E-state index in [-0.39, 0.29) is 18.0 Å². The van der Waals surface area contributed by atoms with Crippen LogP contribution in [0, 0.1) is 11.8 Å². The van der Waals surface area contributed by atoms with E-state index in [1.165, 1.54) is 0 Å². The van der Waals surface area contributed by atoms with Crippen molar-refractivity contribution < 1.29 is 9.59 Å². The van der Waals surface area contributed by atoms with Crippen LogP contribution in [0.5, 0.6) is 0 Å². The van der Waals surface area contributed by atoms with Crippen molar-refractivity contribution >= 4 is 23.3 Å². The van der Waals surface area contributed by atoms with Gasteiger partial charge in [-0.15, -0.1) is 0 Å². The van der Waals surface area contributed by atoms with Crippen LogP contribution in [0.2, 0.25) is 0 Å². The highest BCUT2D eigenvalue weighted by Gasteiger charge is 2.29. The summed E-state index contributed by atoms with van der Waals surface area (Å²) in [6.45, 7) is 8.24. The molecule has 1 fully saturated rings. The van der Waals surface area contributed by atoms with E-state index in [1.807, 2.05) is 50.1 Å². The van der Waals surface area contributed by atoms with Gasteiger partial charge in [0.15, 0.2) is 0 Å². The zero-order valence-electron chi connectivity index (χ0n) is 16.6. The van der Waals surface area contributed by atoms with Gasteiger partial charge in [-0.25, -0.2) is 4.79 Å². The van der Waals surface area contributed by atoms with Crippen molar-refractivity contribution in [3.05, 3.63) is 24.3 Å². The Morgan fingerprint density at radius 2 is 1.77 bits per heavy atom. The lowest BCUT2D eigenvalue weighted by atomic mass is 9.93. The Morgan fingerprint density at radius 1 is 1.19 bits per heavy atom. The predicted octanol–water partition coefficient (Wildman–Crippen LogP) is 3.48. The Kier molecular flexibility index (Phi) is 7.03. The first kappa shape index (κ1) is 20.2. The lowest BCUT2D eigenvalue weighted by Crippen LogP contribution is -2.50. The molecular formula is C20H32N4O2. The third-order valence-corrected chi connectivity index (χ3v) is 4.89. The first-order valence-corrected chi connectivity index (χ1v) is 9.38. The molecule has 0 saturated carbocycles. The minimum absolute atomic E-state index is 0.00720. The number of hydrogen-bond donors (Lipinski definition) is 2. The average Bonchev–Trinajstić information content (AvgIpc) is 2.55. The number of nitrogens with one attached hydrogen (secondary N) is 2. The maximum Gasteiger partial charge on any atom is 0.321 e. The van der Waals surface area contributed by atoms with Crippen molar-refractivity contribution in [2.24, 2.45) is 11.8 Å². The Morgan fingerprint density at radius 3 is 2.31 bits per heavy atom. The number of carbonyl (C=O) groups is 2. The molecule has 2 rings (SSSR count). The minimum Gasteiger partial charge on any atom is -0.326 e. The number of likely N-dealkylation sites (tertiary alicyclic amines) is 1. The molecule has 2 atom stereocenters. The summed E-state index contributed by atoms with van der Waals surface area (Å²) in [4.78, 5) is 28.5. The fourth-order valence-corrected chi connectivity index (χ4v) is 3.50. The summed E-state index contributed by atoms with van der Waals surface area (Å²) < 4.78 is 0. The monoisotopic (exact) mass is 360 g/mol. The van der Waals surface area contributed by atoms with Gasteiger partial charge >= 0.3 is 6.03 Å². The van der Waals surface area contributed by atoms with E-state index < -0.39 is 0 Å². The Hall–Kier alpha value is -2.08. The predicted molar refractivity (Wildman–Crippen MR) is 106 cm³/mol. The van der Waals surface area contributed by atoms with Gasteiger partial charge in [-0.1, -0.05) is 20.8 Å². The Bertz CT molecular complexity index is 615. The van der Waals surface area contributed by atoms with Crippen LogP contribution in [0.1, 0.15) is 33.6 Å². The molecule has 1 aliphatic rings. The van der Waals surface area contributed by atoms with Crippen LogP contribution in [-0.2, 0) is 4.79 Å². The highest BCUT2D eigenvalue weighted by atomic mass is 16.2. The number of hydrogen-bond acceptors (Lipinski definition) is 3. The third-order valence-electron chi connectivity index (χ3n) is 4.89. The molecule has 1 heterocycles. The quantitative estimate of drug-likeness (QED) is 0.845. The number of anilines is 2. The minimum atomic E-state index is -0.0944. The van der Waals surface area contributed by atoms with Crippen molar-refractivity contribution in [1.29, 1.82) is 0 Å². The van der Waals surface area contributed by atoms with Crippen molar-refractivity contribution in [2.45, 2.75) is 39.7 Å². The fourth-order valence-electron chi connectivity index (χ4n) is 3.50. The number of urea groups is 1. The Balaban J connectivity index is 1.89. The van der Waals surface area contributed by atoms with Crippen LogP contribution < -0.4 is 10.6 Å². The summed E-state index contributed by atoms with van der Waals surface area (Å²) in [5.74, 6) is 0.780. The van der Waals surface area contributed by atoms with E-state index in [2.05, 4.69) is 29.5 Å². The number of benzene rings is 1. The second kappa shape index (κ2) is 9.03. The molecule has 2 N–H and O–H groups in total. The van der Waals surface area contributed by atoms with Gasteiger partial charge in [-0.2, -0.15) is 0 Å². The van der Waals surface area contributed by atoms with Crippen LogP contribution in [-0.4, -0.2) is 55.0 Å². The summed E-state index contributed by atoms with van der Waals surface area (Å²) >= 11 is 0. The molecule has 0 bridgehead atoms. The molecule has 0 unspecified atom stereocenters. The average molecular weight is 361 g/mol. The summed E-state index contributed by atoms with van der Waals surface area (Å²) in [7, 11) is 3.98. The van der Waals surface area contributed by atoms with Crippen LogP contribution in [0.4, 0.5) is 16.2 Å². The smallest absolute Gasteiger partial charge is 0.321 e. The van der Waals surface area contributed by atoms with Crippen molar-refractivity contribution in [2.75, 3.05) is 37.8 Å². The van der Waals surface area contributed by atoms with E-state index in [0.717, 1.165) is 30.9 Å². The molecule has 6 nitrogen and oxygen atoms in total. The van der Waals surface area contributed by atoms with Crippen LogP contribution in [0.3, 0.4) is 0 Å². The molecule has 1 aromatic carbocycles. The number of piperidine rings is 1. The third kappa shape index (κ3) is 5.73. The molecule has 6 heteroatoms. The first-order valence-electron chi connectivity index (χ1n) is 9.38. The largest absolute Gasteiger partial charge is 0.326 e. The maximum absolute atomic E-state index is 12.6. The van der Waals surface area contributed by atoms with Gasteiger partial charge in [0, 0.05) is 37.4 Å². The SMILES string of the molecule is CC(C)CC(=O)Nc1ccc(NC(=O)N(C)[C@H]2CCN(C)C[C@H]2C)cc1. The maximum atomic E-state index is 12.6. The lowest BCUT2D eigenvalue weighted by Gasteiger charge is -2.39. The summed E-state index contributed by atoms with van der Waals surface area (Å²) in [5, 5.41) is 5.82. The van der Waals surface area contributed by atoms with Crippen molar-refractivity contribution in [1.82, 2.24) is 9.80 Å². The van der Waals surface area contributed by atoms with E-state index in [9.17, 15) is 9.59 Å². The molecule has 0 aromatic heterocycles.